The molecule has 0 fully saturated rings. The summed E-state index contributed by atoms with van der Waals surface area (Å²) >= 11 is 0. The molecule has 1 aliphatic heterocycles. The van der Waals surface area contributed by atoms with Crippen molar-refractivity contribution >= 4 is 29.2 Å². The lowest BCUT2D eigenvalue weighted by Gasteiger charge is -2.32. The van der Waals surface area contributed by atoms with Crippen molar-refractivity contribution in [3.63, 3.8) is 0 Å². The van der Waals surface area contributed by atoms with E-state index in [1.807, 2.05) is 43.3 Å². The number of nitrogens with one attached hydrogen (secondary N) is 1. The van der Waals surface area contributed by atoms with E-state index in [4.69, 9.17) is 31.4 Å². The SMILES string of the molecule is Cc1cc(Oc2ccc(C(C)(C)C)cc2)ccc1C(=O)C[C@@H](CCN)C(=O)N(C)[C@@H]1C(=O)C[C@@H](C)C(=O)N[C@H](C(=O)CCC#N)Cc2ccc(OCCN)c(c2)-c2cc1ccc2OCCN. The van der Waals surface area contributed by atoms with Gasteiger partial charge in [0.1, 0.15) is 42.3 Å². The number of amides is 2. The molecule has 4 aromatic carbocycles. The highest BCUT2D eigenvalue weighted by Gasteiger charge is 2.36. The first-order valence-electron chi connectivity index (χ1n) is 22.5. The van der Waals surface area contributed by atoms with Crippen LogP contribution in [-0.2, 0) is 31.0 Å². The lowest BCUT2D eigenvalue weighted by Crippen LogP contribution is -2.46. The fourth-order valence-corrected chi connectivity index (χ4v) is 8.15. The molecule has 0 unspecified atom stereocenters. The molecule has 350 valence electrons. The first kappa shape index (κ1) is 50.6. The number of fused-ring (bicyclic) bond motifs is 5. The summed E-state index contributed by atoms with van der Waals surface area (Å²) in [5.41, 5.74) is 22.2. The van der Waals surface area contributed by atoms with Crippen LogP contribution in [0.4, 0.5) is 0 Å². The summed E-state index contributed by atoms with van der Waals surface area (Å²) in [5, 5.41) is 12.1. The number of nitriles is 1. The van der Waals surface area contributed by atoms with Crippen LogP contribution < -0.4 is 36.7 Å². The first-order valence-corrected chi connectivity index (χ1v) is 22.5. The molecule has 1 heterocycles. The second-order valence-electron chi connectivity index (χ2n) is 17.9. The molecule has 0 saturated carbocycles. The Morgan fingerprint density at radius 1 is 0.848 bits per heavy atom. The molecule has 7 N–H and O–H groups in total. The Hall–Kier alpha value is -6.40. The van der Waals surface area contributed by atoms with Crippen LogP contribution in [0.2, 0.25) is 0 Å². The van der Waals surface area contributed by atoms with Gasteiger partial charge < -0.3 is 41.6 Å². The molecule has 4 bridgehead atoms. The predicted molar refractivity (Wildman–Crippen MR) is 253 cm³/mol. The molecule has 0 saturated heterocycles. The molecular formula is C52H64N6O8. The van der Waals surface area contributed by atoms with E-state index in [2.05, 4.69) is 26.1 Å². The number of hydrogen-bond acceptors (Lipinski definition) is 12. The van der Waals surface area contributed by atoms with Crippen LogP contribution in [0.1, 0.15) is 98.5 Å². The van der Waals surface area contributed by atoms with Gasteiger partial charge in [0.25, 0.3) is 0 Å². The van der Waals surface area contributed by atoms with Gasteiger partial charge in [-0.2, -0.15) is 5.26 Å². The second kappa shape index (κ2) is 23.2. The first-order chi connectivity index (χ1) is 31.5. The highest BCUT2D eigenvalue weighted by Crippen LogP contribution is 2.41. The van der Waals surface area contributed by atoms with E-state index < -0.39 is 41.5 Å². The van der Waals surface area contributed by atoms with Crippen LogP contribution in [-0.4, -0.2) is 80.0 Å². The third-order valence-corrected chi connectivity index (χ3v) is 11.8. The molecule has 0 spiro atoms. The van der Waals surface area contributed by atoms with Gasteiger partial charge >= 0.3 is 0 Å². The maximum absolute atomic E-state index is 14.8. The normalized spacial score (nSPS) is 16.8. The highest BCUT2D eigenvalue weighted by molar-refractivity contribution is 6.01. The number of carbonyl (C=O) groups excluding carboxylic acids is 5. The highest BCUT2D eigenvalue weighted by atomic mass is 16.5. The summed E-state index contributed by atoms with van der Waals surface area (Å²) in [6.45, 7) is 10.7. The zero-order valence-electron chi connectivity index (χ0n) is 39.0. The van der Waals surface area contributed by atoms with Crippen molar-refractivity contribution < 1.29 is 38.2 Å². The minimum atomic E-state index is -1.23. The number of carbonyl (C=O) groups is 5. The number of aryl methyl sites for hydroxylation is 1. The topological polar surface area (TPSA) is 230 Å². The molecule has 1 aliphatic rings. The Kier molecular flexibility index (Phi) is 17.8. The largest absolute Gasteiger partial charge is 0.492 e. The minimum Gasteiger partial charge on any atom is -0.492 e. The van der Waals surface area contributed by atoms with E-state index >= 15 is 0 Å². The number of ether oxygens (including phenoxy) is 3. The van der Waals surface area contributed by atoms with E-state index in [0.29, 0.717) is 56.4 Å². The Morgan fingerprint density at radius 3 is 2.09 bits per heavy atom. The third kappa shape index (κ3) is 12.9. The molecule has 2 amide bonds. The third-order valence-electron chi connectivity index (χ3n) is 11.8. The minimum absolute atomic E-state index is 0.00554. The van der Waals surface area contributed by atoms with Crippen molar-refractivity contribution in [1.82, 2.24) is 10.2 Å². The van der Waals surface area contributed by atoms with E-state index in [9.17, 15) is 29.2 Å². The molecule has 66 heavy (non-hydrogen) atoms. The smallest absolute Gasteiger partial charge is 0.226 e. The standard InChI is InChI=1S/C52H64N6O8/c1-32-26-39(66-38-13-11-37(12-14-38)52(3,4)5)15-16-40(32)45(60)31-36(19-21-54)51(63)58(6)49-35-10-18-48(65-25-23-56)42(30-35)41-28-34(9-17-47(41)64-24-22-55)29-43(44(59)8-7-20-53)57-50(62)33(2)27-46(49)61/h9-18,26,28,30,33,36,43,49H,7-8,19,21-25,27,29,31,54-56H2,1-6H3,(H,57,62)/t33-,36-,43+,49+/m1/s1. The van der Waals surface area contributed by atoms with Crippen molar-refractivity contribution in [3.05, 3.63) is 107 Å². The van der Waals surface area contributed by atoms with Gasteiger partial charge in [-0.05, 0) is 109 Å². The van der Waals surface area contributed by atoms with Crippen LogP contribution in [0.15, 0.2) is 78.9 Å². The van der Waals surface area contributed by atoms with Crippen molar-refractivity contribution in [2.24, 2.45) is 29.0 Å². The fourth-order valence-electron chi connectivity index (χ4n) is 8.15. The number of rotatable bonds is 18. The van der Waals surface area contributed by atoms with Gasteiger partial charge in [0.05, 0.1) is 12.1 Å². The second-order valence-corrected chi connectivity index (χ2v) is 17.9. The van der Waals surface area contributed by atoms with Gasteiger partial charge in [-0.3, -0.25) is 24.0 Å². The van der Waals surface area contributed by atoms with Crippen LogP contribution in [0.25, 0.3) is 11.1 Å². The molecule has 0 aromatic heterocycles. The monoisotopic (exact) mass is 900 g/mol. The Labute approximate surface area is 388 Å². The molecule has 4 aromatic rings. The number of hydrogen-bond donors (Lipinski definition) is 4. The molecule has 14 heteroatoms. The summed E-state index contributed by atoms with van der Waals surface area (Å²) in [6.07, 6.45) is -0.317. The lowest BCUT2D eigenvalue weighted by molar-refractivity contribution is -0.142. The Balaban J connectivity index is 1.53. The number of likely N-dealkylation sites (N-methyl/N-ethyl adjacent to an activating group) is 1. The van der Waals surface area contributed by atoms with Gasteiger partial charge in [-0.25, -0.2) is 0 Å². The summed E-state index contributed by atoms with van der Waals surface area (Å²) in [5.74, 6) is -1.81. The number of nitrogens with two attached hydrogens (primary N) is 3. The average Bonchev–Trinajstić information content (AvgIpc) is 3.28. The van der Waals surface area contributed by atoms with E-state index in [1.54, 1.807) is 55.5 Å². The number of benzene rings is 4. The Bertz CT molecular complexity index is 2420. The summed E-state index contributed by atoms with van der Waals surface area (Å²) in [7, 11) is 1.51. The van der Waals surface area contributed by atoms with Crippen LogP contribution in [0.5, 0.6) is 23.0 Å². The average molecular weight is 901 g/mol. The molecule has 4 atom stereocenters. The summed E-state index contributed by atoms with van der Waals surface area (Å²) in [6, 6.07) is 23.4. The van der Waals surface area contributed by atoms with Crippen molar-refractivity contribution in [2.45, 2.75) is 90.6 Å². The zero-order valence-corrected chi connectivity index (χ0v) is 39.0. The van der Waals surface area contributed by atoms with E-state index in [0.717, 1.165) is 0 Å². The van der Waals surface area contributed by atoms with Crippen molar-refractivity contribution in [1.29, 1.82) is 5.26 Å². The quantitative estimate of drug-likeness (QED) is 0.0768. The molecule has 14 nitrogen and oxygen atoms in total. The van der Waals surface area contributed by atoms with Crippen molar-refractivity contribution in [3.8, 4) is 40.2 Å². The summed E-state index contributed by atoms with van der Waals surface area (Å²) < 4.78 is 18.4. The molecule has 0 radical (unpaired) electrons. The molecule has 0 aliphatic carbocycles. The number of ketones is 3. The van der Waals surface area contributed by atoms with E-state index in [1.165, 1.54) is 17.5 Å². The van der Waals surface area contributed by atoms with Gasteiger partial charge in [0.2, 0.25) is 11.8 Å². The molecular weight excluding hydrogens is 837 g/mol. The maximum atomic E-state index is 14.8. The van der Waals surface area contributed by atoms with Crippen molar-refractivity contribution in [2.75, 3.05) is 39.9 Å². The number of nitrogens with zero attached hydrogens (tertiary/aromatic N) is 2. The number of Topliss-reactive ketones (excluding diaryl/α,β-unsaturated/α-hetero) is 3. The Morgan fingerprint density at radius 2 is 1.48 bits per heavy atom. The maximum Gasteiger partial charge on any atom is 0.226 e. The predicted octanol–water partition coefficient (Wildman–Crippen LogP) is 6.67. The van der Waals surface area contributed by atoms with E-state index in [-0.39, 0.29) is 88.4 Å². The van der Waals surface area contributed by atoms with Gasteiger partial charge in [-0.1, -0.05) is 52.0 Å². The zero-order chi connectivity index (χ0) is 48.1. The summed E-state index contributed by atoms with van der Waals surface area (Å²) in [4.78, 5) is 72.1. The molecule has 5 rings (SSSR count). The van der Waals surface area contributed by atoms with Crippen LogP contribution in [0, 0.1) is 30.1 Å². The van der Waals surface area contributed by atoms with Gasteiger partial charge in [-0.15, -0.1) is 0 Å². The van der Waals surface area contributed by atoms with Gasteiger partial charge in [0.15, 0.2) is 17.3 Å². The fraction of sp³-hybridized carbons (Fsp3) is 0.423. The van der Waals surface area contributed by atoms with Gasteiger partial charge in [0, 0.05) is 74.3 Å². The van der Waals surface area contributed by atoms with Crippen LogP contribution >= 0.6 is 0 Å². The van der Waals surface area contributed by atoms with Crippen LogP contribution in [0.3, 0.4) is 0 Å². The lowest BCUT2D eigenvalue weighted by atomic mass is 9.87.